The lowest BCUT2D eigenvalue weighted by Crippen LogP contribution is -2.19. The average molecular weight is 321 g/mol. The Kier molecular flexibility index (Phi) is 4.85. The first-order chi connectivity index (χ1) is 11.7. The van der Waals surface area contributed by atoms with E-state index in [9.17, 15) is 14.4 Å². The van der Waals surface area contributed by atoms with Crippen molar-refractivity contribution in [1.82, 2.24) is 0 Å². The fourth-order valence-corrected chi connectivity index (χ4v) is 3.01. The quantitative estimate of drug-likeness (QED) is 0.480. The molecule has 1 aliphatic carbocycles. The second kappa shape index (κ2) is 7.21. The van der Waals surface area contributed by atoms with Crippen molar-refractivity contribution in [3.8, 4) is 5.75 Å². The summed E-state index contributed by atoms with van der Waals surface area (Å²) in [7, 11) is 0. The van der Waals surface area contributed by atoms with Gasteiger partial charge in [-0.25, -0.2) is 0 Å². The summed E-state index contributed by atoms with van der Waals surface area (Å²) in [5.41, 5.74) is 0.711. The van der Waals surface area contributed by atoms with Crippen LogP contribution < -0.4 is 4.74 Å². The number of ether oxygens (including phenoxy) is 1. The van der Waals surface area contributed by atoms with E-state index in [0.29, 0.717) is 0 Å². The van der Waals surface area contributed by atoms with Crippen molar-refractivity contribution in [1.29, 1.82) is 0 Å². The van der Waals surface area contributed by atoms with Crippen molar-refractivity contribution in [3.05, 3.63) is 65.2 Å². The molecule has 0 heterocycles. The fraction of sp³-hybridized carbons (Fsp3) is 0.250. The standard InChI is InChI=1S/C20H17O4/c21-13-15-9-3-4-10-16(15)19(22)17-11-5-6-12-18(17)24-20(23)14-7-1-2-8-14/h3-6,9-12,14H,1-2,7-8H2. The maximum atomic E-state index is 12.8. The second-order valence-electron chi connectivity index (χ2n) is 5.88. The third-order valence-corrected chi connectivity index (χ3v) is 4.31. The minimum atomic E-state index is -0.358. The Hall–Kier alpha value is -2.75. The summed E-state index contributed by atoms with van der Waals surface area (Å²) >= 11 is 0. The van der Waals surface area contributed by atoms with Crippen molar-refractivity contribution < 1.29 is 19.1 Å². The summed E-state index contributed by atoms with van der Waals surface area (Å²) in [5, 5.41) is 0. The number of carbonyl (C=O) groups excluding carboxylic acids is 3. The number of para-hydroxylation sites is 1. The lowest BCUT2D eigenvalue weighted by molar-refractivity contribution is -0.138. The van der Waals surface area contributed by atoms with Crippen LogP contribution in [0, 0.1) is 5.92 Å². The first-order valence-corrected chi connectivity index (χ1v) is 8.03. The van der Waals surface area contributed by atoms with E-state index in [1.54, 1.807) is 48.8 Å². The molecule has 3 rings (SSSR count). The smallest absolute Gasteiger partial charge is 0.314 e. The van der Waals surface area contributed by atoms with Gasteiger partial charge in [0.2, 0.25) is 6.29 Å². The van der Waals surface area contributed by atoms with Crippen molar-refractivity contribution >= 4 is 18.0 Å². The van der Waals surface area contributed by atoms with E-state index in [-0.39, 0.29) is 40.1 Å². The maximum Gasteiger partial charge on any atom is 0.314 e. The summed E-state index contributed by atoms with van der Waals surface area (Å²) in [4.78, 5) is 36.1. The highest BCUT2D eigenvalue weighted by molar-refractivity contribution is 6.14. The van der Waals surface area contributed by atoms with E-state index in [4.69, 9.17) is 4.74 Å². The van der Waals surface area contributed by atoms with Crippen LogP contribution in [0.2, 0.25) is 0 Å². The van der Waals surface area contributed by atoms with Gasteiger partial charge >= 0.3 is 5.97 Å². The van der Waals surface area contributed by atoms with E-state index in [0.717, 1.165) is 25.7 Å². The Morgan fingerprint density at radius 3 is 2.25 bits per heavy atom. The van der Waals surface area contributed by atoms with Crippen LogP contribution in [0.4, 0.5) is 0 Å². The largest absolute Gasteiger partial charge is 0.426 e. The maximum absolute atomic E-state index is 12.8. The summed E-state index contributed by atoms with van der Waals surface area (Å²) < 4.78 is 5.49. The Morgan fingerprint density at radius 2 is 1.54 bits per heavy atom. The Bertz CT molecular complexity index is 773. The highest BCUT2D eigenvalue weighted by Crippen LogP contribution is 2.28. The molecule has 0 amide bonds. The van der Waals surface area contributed by atoms with Crippen LogP contribution in [0.15, 0.2) is 48.5 Å². The summed E-state index contributed by atoms with van der Waals surface area (Å²) in [6.45, 7) is 0. The Labute approximate surface area is 140 Å². The number of carbonyl (C=O) groups is 2. The van der Waals surface area contributed by atoms with Crippen LogP contribution in [0.5, 0.6) is 5.75 Å². The molecule has 1 fully saturated rings. The minimum absolute atomic E-state index is 0.0937. The number of hydrogen-bond donors (Lipinski definition) is 0. The van der Waals surface area contributed by atoms with Crippen LogP contribution in [0.3, 0.4) is 0 Å². The SMILES string of the molecule is O=[C]c1ccccc1C(=O)c1ccccc1OC(=O)C1CCCC1. The molecule has 121 valence electrons. The second-order valence-corrected chi connectivity index (χ2v) is 5.88. The molecule has 0 bridgehead atoms. The summed E-state index contributed by atoms with van der Waals surface area (Å²) in [5.74, 6) is -0.504. The van der Waals surface area contributed by atoms with Gasteiger partial charge in [-0.2, -0.15) is 0 Å². The molecule has 4 nitrogen and oxygen atoms in total. The molecule has 4 heteroatoms. The molecule has 0 aromatic heterocycles. The molecule has 0 atom stereocenters. The molecule has 0 aliphatic heterocycles. The molecule has 0 N–H and O–H groups in total. The van der Waals surface area contributed by atoms with Crippen molar-refractivity contribution in [3.63, 3.8) is 0 Å². The summed E-state index contributed by atoms with van der Waals surface area (Å²) in [6.07, 6.45) is 5.50. The third kappa shape index (κ3) is 3.27. The molecular formula is C20H17O4. The van der Waals surface area contributed by atoms with Gasteiger partial charge in [0.05, 0.1) is 11.5 Å². The Morgan fingerprint density at radius 1 is 0.917 bits per heavy atom. The van der Waals surface area contributed by atoms with Crippen LogP contribution in [0.25, 0.3) is 0 Å². The van der Waals surface area contributed by atoms with E-state index in [2.05, 4.69) is 0 Å². The van der Waals surface area contributed by atoms with Crippen LogP contribution in [0.1, 0.15) is 47.2 Å². The van der Waals surface area contributed by atoms with Crippen molar-refractivity contribution in [2.45, 2.75) is 25.7 Å². The number of esters is 1. The zero-order chi connectivity index (χ0) is 16.9. The molecule has 0 unspecified atom stereocenters. The summed E-state index contributed by atoms with van der Waals surface area (Å²) in [6, 6.07) is 13.1. The van der Waals surface area contributed by atoms with Gasteiger partial charge in [-0.15, -0.1) is 0 Å². The zero-order valence-electron chi connectivity index (χ0n) is 13.2. The van der Waals surface area contributed by atoms with Gasteiger partial charge in [-0.3, -0.25) is 14.4 Å². The number of hydrogen-bond acceptors (Lipinski definition) is 4. The van der Waals surface area contributed by atoms with Gasteiger partial charge in [0.1, 0.15) is 5.75 Å². The van der Waals surface area contributed by atoms with E-state index >= 15 is 0 Å². The lowest BCUT2D eigenvalue weighted by Gasteiger charge is -2.13. The monoisotopic (exact) mass is 321 g/mol. The number of benzene rings is 2. The zero-order valence-corrected chi connectivity index (χ0v) is 13.2. The van der Waals surface area contributed by atoms with Gasteiger partial charge in [0.25, 0.3) is 0 Å². The third-order valence-electron chi connectivity index (χ3n) is 4.31. The van der Waals surface area contributed by atoms with Crippen molar-refractivity contribution in [2.24, 2.45) is 5.92 Å². The molecule has 1 aliphatic rings. The first-order valence-electron chi connectivity index (χ1n) is 8.03. The van der Waals surface area contributed by atoms with Crippen LogP contribution in [-0.4, -0.2) is 18.0 Å². The van der Waals surface area contributed by atoms with Gasteiger partial charge < -0.3 is 4.74 Å². The van der Waals surface area contributed by atoms with Gasteiger partial charge in [-0.05, 0) is 25.0 Å². The highest BCUT2D eigenvalue weighted by Gasteiger charge is 2.26. The molecular weight excluding hydrogens is 304 g/mol. The van der Waals surface area contributed by atoms with E-state index < -0.39 is 0 Å². The molecule has 24 heavy (non-hydrogen) atoms. The van der Waals surface area contributed by atoms with Gasteiger partial charge in [0.15, 0.2) is 5.78 Å². The predicted molar refractivity (Wildman–Crippen MR) is 88.7 cm³/mol. The Balaban J connectivity index is 1.89. The molecule has 2 aromatic carbocycles. The number of ketones is 1. The van der Waals surface area contributed by atoms with Gasteiger partial charge in [-0.1, -0.05) is 49.2 Å². The predicted octanol–water partition coefficient (Wildman–Crippen LogP) is 3.47. The highest BCUT2D eigenvalue weighted by atomic mass is 16.5. The molecule has 2 aromatic rings. The fourth-order valence-electron chi connectivity index (χ4n) is 3.01. The van der Waals surface area contributed by atoms with E-state index in [1.165, 1.54) is 6.07 Å². The molecule has 0 saturated heterocycles. The molecule has 1 radical (unpaired) electrons. The van der Waals surface area contributed by atoms with Gasteiger partial charge in [0, 0.05) is 11.1 Å². The van der Waals surface area contributed by atoms with Crippen LogP contribution in [-0.2, 0) is 9.59 Å². The average Bonchev–Trinajstić information content (AvgIpc) is 3.16. The van der Waals surface area contributed by atoms with Crippen molar-refractivity contribution in [2.75, 3.05) is 0 Å². The van der Waals surface area contributed by atoms with Crippen LogP contribution >= 0.6 is 0 Å². The van der Waals surface area contributed by atoms with E-state index in [1.807, 2.05) is 0 Å². The molecule has 0 spiro atoms. The lowest BCUT2D eigenvalue weighted by atomic mass is 9.98. The number of rotatable bonds is 5. The topological polar surface area (TPSA) is 60.4 Å². The molecule has 1 saturated carbocycles. The first kappa shape index (κ1) is 16.1. The minimum Gasteiger partial charge on any atom is -0.426 e. The normalized spacial score (nSPS) is 14.3.